The molecule has 5 unspecified atom stereocenters. The minimum absolute atomic E-state index is 0.0537. The molecule has 1 aromatic rings. The van der Waals surface area contributed by atoms with Crippen molar-refractivity contribution in [3.8, 4) is 5.75 Å². The Bertz CT molecular complexity index is 641. The Morgan fingerprint density at radius 3 is 2.67 bits per heavy atom. The van der Waals surface area contributed by atoms with E-state index < -0.39 is 0 Å². The van der Waals surface area contributed by atoms with E-state index in [9.17, 15) is 10.2 Å². The highest BCUT2D eigenvalue weighted by atomic mass is 16.5. The fraction of sp³-hybridized carbons (Fsp3) is 0.750. The number of unbranched alkanes of at least 4 members (excludes halogenated alkanes) is 2. The molecule has 1 aromatic carbocycles. The number of fused-ring (bicyclic) bond motifs is 5. The number of aliphatic hydroxyl groups excluding tert-OH is 1. The second kappa shape index (κ2) is 8.53. The molecule has 0 heterocycles. The summed E-state index contributed by atoms with van der Waals surface area (Å²) < 4.78 is 5.45. The second-order valence-electron chi connectivity index (χ2n) is 9.04. The Kier molecular flexibility index (Phi) is 6.08. The lowest BCUT2D eigenvalue weighted by molar-refractivity contribution is 0.0564. The van der Waals surface area contributed by atoms with E-state index in [2.05, 4.69) is 0 Å². The SMILES string of the molecule is CCOCCCCCc1cc(O)cc2c1C1CCC3C(O)CCC3C1CC2. The molecular weight excluding hydrogens is 336 g/mol. The Hall–Kier alpha value is -1.06. The predicted octanol–water partition coefficient (Wildman–Crippen LogP) is 4.97. The number of hydrogen-bond donors (Lipinski definition) is 2. The minimum Gasteiger partial charge on any atom is -0.508 e. The van der Waals surface area contributed by atoms with E-state index in [0.717, 1.165) is 50.7 Å². The van der Waals surface area contributed by atoms with Crippen LogP contribution in [0.3, 0.4) is 0 Å². The average Bonchev–Trinajstić information content (AvgIpc) is 3.05. The summed E-state index contributed by atoms with van der Waals surface area (Å²) >= 11 is 0. The number of hydrogen-bond acceptors (Lipinski definition) is 3. The van der Waals surface area contributed by atoms with Gasteiger partial charge in [0, 0.05) is 13.2 Å². The minimum atomic E-state index is -0.0537. The highest BCUT2D eigenvalue weighted by Gasteiger charge is 2.47. The Morgan fingerprint density at radius 2 is 1.81 bits per heavy atom. The summed E-state index contributed by atoms with van der Waals surface area (Å²) in [5.74, 6) is 3.11. The molecule has 0 spiro atoms. The van der Waals surface area contributed by atoms with Crippen molar-refractivity contribution < 1.29 is 14.9 Å². The fourth-order valence-corrected chi connectivity index (χ4v) is 6.49. The molecule has 2 saturated carbocycles. The van der Waals surface area contributed by atoms with Gasteiger partial charge in [0.25, 0.3) is 0 Å². The number of aliphatic hydroxyl groups is 1. The molecule has 4 rings (SSSR count). The number of phenols is 1. The third-order valence-corrected chi connectivity index (χ3v) is 7.61. The van der Waals surface area contributed by atoms with Crippen molar-refractivity contribution in [2.24, 2.45) is 17.8 Å². The number of ether oxygens (including phenoxy) is 1. The van der Waals surface area contributed by atoms with Crippen molar-refractivity contribution in [3.05, 3.63) is 28.8 Å². The first-order valence-corrected chi connectivity index (χ1v) is 11.3. The molecule has 0 aromatic heterocycles. The van der Waals surface area contributed by atoms with Gasteiger partial charge in [-0.2, -0.15) is 0 Å². The number of aromatic hydroxyl groups is 1. The number of benzene rings is 1. The summed E-state index contributed by atoms with van der Waals surface area (Å²) in [6, 6.07) is 4.07. The third kappa shape index (κ3) is 3.91. The average molecular weight is 373 g/mol. The van der Waals surface area contributed by atoms with Gasteiger partial charge in [0.1, 0.15) is 5.75 Å². The zero-order valence-electron chi connectivity index (χ0n) is 16.8. The number of phenolic OH excluding ortho intramolecular Hbond substituents is 1. The van der Waals surface area contributed by atoms with Gasteiger partial charge in [0.15, 0.2) is 0 Å². The Morgan fingerprint density at radius 1 is 0.963 bits per heavy atom. The van der Waals surface area contributed by atoms with Crippen LogP contribution in [0.2, 0.25) is 0 Å². The highest BCUT2D eigenvalue weighted by Crippen LogP contribution is 2.56. The molecule has 5 atom stereocenters. The maximum absolute atomic E-state index is 10.4. The molecule has 3 heteroatoms. The molecule has 0 aliphatic heterocycles. The van der Waals surface area contributed by atoms with E-state index >= 15 is 0 Å². The van der Waals surface area contributed by atoms with E-state index in [4.69, 9.17) is 4.74 Å². The zero-order valence-corrected chi connectivity index (χ0v) is 16.8. The zero-order chi connectivity index (χ0) is 18.8. The van der Waals surface area contributed by atoms with Crippen molar-refractivity contribution in [1.29, 1.82) is 0 Å². The van der Waals surface area contributed by atoms with Crippen LogP contribution < -0.4 is 0 Å². The number of rotatable bonds is 7. The summed E-state index contributed by atoms with van der Waals surface area (Å²) in [5, 5.41) is 20.6. The summed E-state index contributed by atoms with van der Waals surface area (Å²) in [6.45, 7) is 3.72. The molecule has 3 aliphatic carbocycles. The first-order valence-electron chi connectivity index (χ1n) is 11.3. The van der Waals surface area contributed by atoms with Crippen LogP contribution in [0, 0.1) is 17.8 Å². The van der Waals surface area contributed by atoms with Gasteiger partial charge in [-0.1, -0.05) is 6.42 Å². The summed E-state index contributed by atoms with van der Waals surface area (Å²) in [4.78, 5) is 0. The van der Waals surface area contributed by atoms with Gasteiger partial charge < -0.3 is 14.9 Å². The fourth-order valence-electron chi connectivity index (χ4n) is 6.49. The molecule has 0 radical (unpaired) electrons. The largest absolute Gasteiger partial charge is 0.508 e. The van der Waals surface area contributed by atoms with Crippen molar-refractivity contribution in [2.45, 2.75) is 83.2 Å². The van der Waals surface area contributed by atoms with E-state index in [1.165, 1.54) is 49.7 Å². The molecule has 2 N–H and O–H groups in total. The van der Waals surface area contributed by atoms with Crippen LogP contribution >= 0.6 is 0 Å². The Balaban J connectivity index is 1.49. The monoisotopic (exact) mass is 372 g/mol. The van der Waals surface area contributed by atoms with Crippen molar-refractivity contribution in [1.82, 2.24) is 0 Å². The molecule has 3 nitrogen and oxygen atoms in total. The molecule has 0 bridgehead atoms. The van der Waals surface area contributed by atoms with Crippen LogP contribution in [-0.4, -0.2) is 29.5 Å². The van der Waals surface area contributed by atoms with E-state index in [1.54, 1.807) is 5.56 Å². The van der Waals surface area contributed by atoms with Gasteiger partial charge in [-0.25, -0.2) is 0 Å². The maximum atomic E-state index is 10.4. The lowest BCUT2D eigenvalue weighted by Crippen LogP contribution is -2.37. The highest BCUT2D eigenvalue weighted by molar-refractivity contribution is 5.46. The molecule has 3 aliphatic rings. The molecule has 150 valence electrons. The molecule has 2 fully saturated rings. The van der Waals surface area contributed by atoms with Crippen LogP contribution in [0.4, 0.5) is 0 Å². The van der Waals surface area contributed by atoms with Crippen LogP contribution in [0.1, 0.15) is 80.9 Å². The predicted molar refractivity (Wildman–Crippen MR) is 108 cm³/mol. The molecule has 0 amide bonds. The normalized spacial score (nSPS) is 32.0. The standard InChI is InChI=1S/C24H36O3/c1-2-27-13-5-3-4-6-16-14-18(25)15-17-7-8-20-19-11-12-23(26)21(19)9-10-22(20)24(16)17/h14-15,19-23,25-26H,2-13H2,1H3. The summed E-state index contributed by atoms with van der Waals surface area (Å²) in [7, 11) is 0. The van der Waals surface area contributed by atoms with Gasteiger partial charge in [-0.15, -0.1) is 0 Å². The van der Waals surface area contributed by atoms with Crippen LogP contribution in [0.5, 0.6) is 5.75 Å². The quantitative estimate of drug-likeness (QED) is 0.665. The van der Waals surface area contributed by atoms with E-state index in [-0.39, 0.29) is 6.10 Å². The van der Waals surface area contributed by atoms with Gasteiger partial charge in [-0.05, 0) is 117 Å². The van der Waals surface area contributed by atoms with Gasteiger partial charge in [0.2, 0.25) is 0 Å². The second-order valence-corrected chi connectivity index (χ2v) is 9.04. The van der Waals surface area contributed by atoms with Crippen LogP contribution in [-0.2, 0) is 17.6 Å². The van der Waals surface area contributed by atoms with Crippen molar-refractivity contribution in [2.75, 3.05) is 13.2 Å². The Labute approximate surface area is 164 Å². The molecular formula is C24H36O3. The lowest BCUT2D eigenvalue weighted by Gasteiger charge is -2.45. The molecule has 0 saturated heterocycles. The van der Waals surface area contributed by atoms with Gasteiger partial charge >= 0.3 is 0 Å². The first-order chi connectivity index (χ1) is 13.2. The maximum Gasteiger partial charge on any atom is 0.116 e. The number of aryl methyl sites for hydroxylation is 2. The lowest BCUT2D eigenvalue weighted by atomic mass is 9.60. The third-order valence-electron chi connectivity index (χ3n) is 7.61. The summed E-state index contributed by atoms with van der Waals surface area (Å²) in [6.07, 6.45) is 11.5. The van der Waals surface area contributed by atoms with Gasteiger partial charge in [-0.3, -0.25) is 0 Å². The molecule has 27 heavy (non-hydrogen) atoms. The smallest absolute Gasteiger partial charge is 0.116 e. The first kappa shape index (κ1) is 19.3. The van der Waals surface area contributed by atoms with Crippen molar-refractivity contribution >= 4 is 0 Å². The van der Waals surface area contributed by atoms with Crippen LogP contribution in [0.15, 0.2) is 12.1 Å². The van der Waals surface area contributed by atoms with Gasteiger partial charge in [0.05, 0.1) is 6.10 Å². The van der Waals surface area contributed by atoms with Crippen LogP contribution in [0.25, 0.3) is 0 Å². The van der Waals surface area contributed by atoms with E-state index in [1.807, 2.05) is 19.1 Å². The van der Waals surface area contributed by atoms with Crippen molar-refractivity contribution in [3.63, 3.8) is 0 Å². The van der Waals surface area contributed by atoms with E-state index in [0.29, 0.717) is 17.6 Å². The summed E-state index contributed by atoms with van der Waals surface area (Å²) in [5.41, 5.74) is 4.37. The topological polar surface area (TPSA) is 49.7 Å².